The molecule has 1 aliphatic heterocycles. The summed E-state index contributed by atoms with van der Waals surface area (Å²) < 4.78 is 4.70. The molecule has 1 fully saturated rings. The third kappa shape index (κ3) is 3.76. The highest BCUT2D eigenvalue weighted by Crippen LogP contribution is 2.24. The van der Waals surface area contributed by atoms with Gasteiger partial charge in [-0.3, -0.25) is 4.79 Å². The first-order valence-electron chi connectivity index (χ1n) is 5.96. The van der Waals surface area contributed by atoms with E-state index in [-0.39, 0.29) is 5.97 Å². The maximum atomic E-state index is 11.2. The zero-order valence-corrected chi connectivity index (χ0v) is 10.9. The fourth-order valence-corrected chi connectivity index (χ4v) is 2.57. The maximum Gasteiger partial charge on any atom is 0.305 e. The molecular formula is C12H24N2O2. The third-order valence-corrected chi connectivity index (χ3v) is 3.51. The summed E-state index contributed by atoms with van der Waals surface area (Å²) in [6, 6.07) is 0.490. The fourth-order valence-electron chi connectivity index (χ4n) is 2.57. The van der Waals surface area contributed by atoms with Crippen molar-refractivity contribution in [1.82, 2.24) is 9.80 Å². The van der Waals surface area contributed by atoms with Gasteiger partial charge in [0.15, 0.2) is 0 Å². The largest absolute Gasteiger partial charge is 0.469 e. The molecule has 0 aliphatic carbocycles. The molecule has 1 saturated heterocycles. The van der Waals surface area contributed by atoms with Crippen LogP contribution in [0.15, 0.2) is 0 Å². The van der Waals surface area contributed by atoms with Crippen LogP contribution in [-0.2, 0) is 9.53 Å². The zero-order chi connectivity index (χ0) is 12.1. The standard InChI is InChI=1S/C12H24N2O2/c1-13(2)11(5-6-12(15)16-4)10-7-8-14(3)9-10/h10-11H,5-9H2,1-4H3. The first kappa shape index (κ1) is 13.5. The normalized spacial score (nSPS) is 23.7. The molecule has 4 nitrogen and oxygen atoms in total. The Morgan fingerprint density at radius 2 is 2.25 bits per heavy atom. The molecule has 94 valence electrons. The minimum absolute atomic E-state index is 0.0989. The summed E-state index contributed by atoms with van der Waals surface area (Å²) in [6.07, 6.45) is 2.66. The van der Waals surface area contributed by atoms with Crippen LogP contribution in [0, 0.1) is 5.92 Å². The lowest BCUT2D eigenvalue weighted by atomic mass is 9.94. The molecule has 0 radical (unpaired) electrons. The number of methoxy groups -OCH3 is 1. The monoisotopic (exact) mass is 228 g/mol. The number of ether oxygens (including phenoxy) is 1. The number of esters is 1. The summed E-state index contributed by atoms with van der Waals surface area (Å²) in [6.45, 7) is 2.32. The lowest BCUT2D eigenvalue weighted by Crippen LogP contribution is -2.37. The first-order valence-corrected chi connectivity index (χ1v) is 5.96. The Hall–Kier alpha value is -0.610. The van der Waals surface area contributed by atoms with E-state index < -0.39 is 0 Å². The number of likely N-dealkylation sites (tertiary alicyclic amines) is 1. The predicted octanol–water partition coefficient (Wildman–Crippen LogP) is 0.821. The molecule has 2 unspecified atom stereocenters. The van der Waals surface area contributed by atoms with Gasteiger partial charge in [0, 0.05) is 19.0 Å². The van der Waals surface area contributed by atoms with Gasteiger partial charge >= 0.3 is 5.97 Å². The third-order valence-electron chi connectivity index (χ3n) is 3.51. The first-order chi connectivity index (χ1) is 7.54. The van der Waals surface area contributed by atoms with E-state index in [1.165, 1.54) is 20.1 Å². The topological polar surface area (TPSA) is 32.8 Å². The van der Waals surface area contributed by atoms with Crippen molar-refractivity contribution in [3.63, 3.8) is 0 Å². The van der Waals surface area contributed by atoms with Gasteiger partial charge in [-0.2, -0.15) is 0 Å². The van der Waals surface area contributed by atoms with Gasteiger partial charge in [-0.05, 0) is 46.4 Å². The molecule has 0 aromatic heterocycles. The summed E-state index contributed by atoms with van der Waals surface area (Å²) >= 11 is 0. The predicted molar refractivity (Wildman–Crippen MR) is 64.3 cm³/mol. The van der Waals surface area contributed by atoms with Crippen molar-refractivity contribution >= 4 is 5.97 Å². The van der Waals surface area contributed by atoms with Gasteiger partial charge in [0.25, 0.3) is 0 Å². The van der Waals surface area contributed by atoms with Crippen molar-refractivity contribution < 1.29 is 9.53 Å². The van der Waals surface area contributed by atoms with Crippen LogP contribution in [0.2, 0.25) is 0 Å². The Morgan fingerprint density at radius 3 is 2.69 bits per heavy atom. The molecule has 1 heterocycles. The molecular weight excluding hydrogens is 204 g/mol. The lowest BCUT2D eigenvalue weighted by Gasteiger charge is -2.29. The SMILES string of the molecule is COC(=O)CCC(C1CCN(C)C1)N(C)C. The molecule has 4 heteroatoms. The van der Waals surface area contributed by atoms with Gasteiger partial charge in [0.05, 0.1) is 7.11 Å². The second-order valence-corrected chi connectivity index (χ2v) is 4.96. The van der Waals surface area contributed by atoms with Gasteiger partial charge in [0.1, 0.15) is 0 Å². The van der Waals surface area contributed by atoms with Crippen molar-refractivity contribution in [1.29, 1.82) is 0 Å². The number of hydrogen-bond acceptors (Lipinski definition) is 4. The molecule has 2 atom stereocenters. The maximum absolute atomic E-state index is 11.2. The Morgan fingerprint density at radius 1 is 1.56 bits per heavy atom. The Balaban J connectivity index is 2.44. The van der Waals surface area contributed by atoms with Crippen molar-refractivity contribution in [3.05, 3.63) is 0 Å². The van der Waals surface area contributed by atoms with Gasteiger partial charge in [-0.1, -0.05) is 0 Å². The molecule has 0 saturated carbocycles. The molecule has 0 amide bonds. The number of nitrogens with zero attached hydrogens (tertiary/aromatic N) is 2. The number of hydrogen-bond donors (Lipinski definition) is 0. The van der Waals surface area contributed by atoms with Crippen LogP contribution in [0.4, 0.5) is 0 Å². The summed E-state index contributed by atoms with van der Waals surface area (Å²) in [5.74, 6) is 0.586. The van der Waals surface area contributed by atoms with Gasteiger partial charge in [-0.25, -0.2) is 0 Å². The summed E-state index contributed by atoms with van der Waals surface area (Å²) in [5, 5.41) is 0. The van der Waals surface area contributed by atoms with E-state index in [4.69, 9.17) is 4.74 Å². The second-order valence-electron chi connectivity index (χ2n) is 4.96. The summed E-state index contributed by atoms with van der Waals surface area (Å²) in [7, 11) is 7.81. The van der Waals surface area contributed by atoms with Crippen molar-refractivity contribution in [2.75, 3.05) is 41.3 Å². The summed E-state index contributed by atoms with van der Waals surface area (Å²) in [4.78, 5) is 15.8. The Labute approximate surface area is 98.5 Å². The van der Waals surface area contributed by atoms with Crippen LogP contribution in [0.3, 0.4) is 0 Å². The highest BCUT2D eigenvalue weighted by atomic mass is 16.5. The molecule has 0 aromatic rings. The van der Waals surface area contributed by atoms with E-state index >= 15 is 0 Å². The number of carbonyl (C=O) groups is 1. The van der Waals surface area contributed by atoms with Crippen LogP contribution in [0.5, 0.6) is 0 Å². The molecule has 1 rings (SSSR count). The van der Waals surface area contributed by atoms with E-state index in [2.05, 4.69) is 30.9 Å². The van der Waals surface area contributed by atoms with E-state index in [1.54, 1.807) is 0 Å². The molecule has 0 bridgehead atoms. The zero-order valence-electron chi connectivity index (χ0n) is 10.9. The van der Waals surface area contributed by atoms with Gasteiger partial charge < -0.3 is 14.5 Å². The quantitative estimate of drug-likeness (QED) is 0.652. The van der Waals surface area contributed by atoms with Crippen molar-refractivity contribution in [2.24, 2.45) is 5.92 Å². The molecule has 1 aliphatic rings. The average molecular weight is 228 g/mol. The minimum atomic E-state index is -0.0989. The number of carbonyl (C=O) groups excluding carboxylic acids is 1. The second kappa shape index (κ2) is 6.21. The van der Waals surface area contributed by atoms with Crippen LogP contribution in [0.25, 0.3) is 0 Å². The minimum Gasteiger partial charge on any atom is -0.469 e. The number of rotatable bonds is 5. The van der Waals surface area contributed by atoms with Crippen LogP contribution in [-0.4, -0.2) is 63.2 Å². The molecule has 0 aromatic carbocycles. The van der Waals surface area contributed by atoms with Crippen molar-refractivity contribution in [3.8, 4) is 0 Å². The Kier molecular flexibility index (Phi) is 5.22. The molecule has 0 N–H and O–H groups in total. The molecule has 0 spiro atoms. The highest BCUT2D eigenvalue weighted by Gasteiger charge is 2.29. The molecule has 16 heavy (non-hydrogen) atoms. The van der Waals surface area contributed by atoms with E-state index in [0.29, 0.717) is 18.4 Å². The smallest absolute Gasteiger partial charge is 0.305 e. The fraction of sp³-hybridized carbons (Fsp3) is 0.917. The highest BCUT2D eigenvalue weighted by molar-refractivity contribution is 5.69. The van der Waals surface area contributed by atoms with Gasteiger partial charge in [-0.15, -0.1) is 0 Å². The van der Waals surface area contributed by atoms with E-state index in [0.717, 1.165) is 13.0 Å². The lowest BCUT2D eigenvalue weighted by molar-refractivity contribution is -0.141. The Bertz CT molecular complexity index is 231. The van der Waals surface area contributed by atoms with Gasteiger partial charge in [0.2, 0.25) is 0 Å². The van der Waals surface area contributed by atoms with E-state index in [9.17, 15) is 4.79 Å². The average Bonchev–Trinajstić information content (AvgIpc) is 2.64. The van der Waals surface area contributed by atoms with Crippen LogP contribution < -0.4 is 0 Å². The van der Waals surface area contributed by atoms with Crippen LogP contribution >= 0.6 is 0 Å². The summed E-state index contributed by atoms with van der Waals surface area (Å²) in [5.41, 5.74) is 0. The van der Waals surface area contributed by atoms with Crippen molar-refractivity contribution in [2.45, 2.75) is 25.3 Å². The van der Waals surface area contributed by atoms with E-state index in [1.807, 2.05) is 0 Å². The van der Waals surface area contributed by atoms with Crippen LogP contribution in [0.1, 0.15) is 19.3 Å².